The number of hydrogen-bond donors (Lipinski definition) is 1. The Labute approximate surface area is 163 Å². The summed E-state index contributed by atoms with van der Waals surface area (Å²) in [5.41, 5.74) is 1.66. The van der Waals surface area contributed by atoms with Gasteiger partial charge in [0.05, 0.1) is 29.4 Å². The maximum atomic E-state index is 13.2. The molecule has 5 rings (SSSR count). The third-order valence-corrected chi connectivity index (χ3v) is 6.36. The van der Waals surface area contributed by atoms with Crippen molar-refractivity contribution in [2.24, 2.45) is 0 Å². The first-order valence-corrected chi connectivity index (χ1v) is 9.90. The van der Waals surface area contributed by atoms with Gasteiger partial charge in [-0.25, -0.2) is 0 Å². The molecule has 0 aromatic carbocycles. The number of pyridine rings is 2. The summed E-state index contributed by atoms with van der Waals surface area (Å²) in [6, 6.07) is 7.86. The Morgan fingerprint density at radius 2 is 2.00 bits per heavy atom. The van der Waals surface area contributed by atoms with Crippen LogP contribution in [0.3, 0.4) is 0 Å². The second kappa shape index (κ2) is 6.41. The molecule has 2 saturated heterocycles. The van der Waals surface area contributed by atoms with E-state index in [2.05, 4.69) is 20.6 Å². The van der Waals surface area contributed by atoms with Gasteiger partial charge in [-0.05, 0) is 56.9 Å². The summed E-state index contributed by atoms with van der Waals surface area (Å²) < 4.78 is 2.09. The Balaban J connectivity index is 1.39. The number of carbonyl (C=O) groups is 1. The van der Waals surface area contributed by atoms with Crippen LogP contribution in [-0.2, 0) is 6.54 Å². The molecule has 28 heavy (non-hydrogen) atoms. The molecule has 2 fully saturated rings. The van der Waals surface area contributed by atoms with E-state index in [0.29, 0.717) is 24.9 Å². The largest absolute Gasteiger partial charge is 0.388 e. The van der Waals surface area contributed by atoms with E-state index in [4.69, 9.17) is 0 Å². The van der Waals surface area contributed by atoms with Crippen molar-refractivity contribution in [3.8, 4) is 0 Å². The standard InChI is InChI=1S/C22H24N4O2/c1-15-19(3-2-8-24-15)21(27)26-17-4-5-18(26)12-22(28,11-17)14-25-10-7-16-6-9-23-13-20(16)25/h2-3,6-10,13,17-18,28H,4-5,11-12,14H2,1H3/t17-,18-/m0/s1. The van der Waals surface area contributed by atoms with Crippen LogP contribution in [0.25, 0.3) is 10.9 Å². The molecule has 1 N–H and O–H groups in total. The molecule has 6 nitrogen and oxygen atoms in total. The number of piperidine rings is 1. The van der Waals surface area contributed by atoms with Gasteiger partial charge in [-0.15, -0.1) is 0 Å². The normalized spacial score (nSPS) is 26.7. The van der Waals surface area contributed by atoms with Crippen molar-refractivity contribution >= 4 is 16.8 Å². The predicted molar refractivity (Wildman–Crippen MR) is 106 cm³/mol. The first kappa shape index (κ1) is 17.4. The van der Waals surface area contributed by atoms with Crippen LogP contribution in [0.4, 0.5) is 0 Å². The van der Waals surface area contributed by atoms with Gasteiger partial charge in [-0.2, -0.15) is 0 Å². The number of nitrogens with zero attached hydrogens (tertiary/aromatic N) is 4. The third kappa shape index (κ3) is 2.79. The number of aromatic nitrogens is 3. The second-order valence-electron chi connectivity index (χ2n) is 8.24. The highest BCUT2D eigenvalue weighted by atomic mass is 16.3. The number of hydrogen-bond acceptors (Lipinski definition) is 4. The third-order valence-electron chi connectivity index (χ3n) is 6.36. The number of aryl methyl sites for hydroxylation is 1. The molecule has 6 heteroatoms. The summed E-state index contributed by atoms with van der Waals surface area (Å²) in [4.78, 5) is 23.7. The summed E-state index contributed by atoms with van der Waals surface area (Å²) >= 11 is 0. The van der Waals surface area contributed by atoms with Gasteiger partial charge in [0.25, 0.3) is 5.91 Å². The molecule has 0 radical (unpaired) electrons. The number of rotatable bonds is 3. The van der Waals surface area contributed by atoms with Crippen molar-refractivity contribution in [3.05, 3.63) is 60.3 Å². The second-order valence-corrected chi connectivity index (χ2v) is 8.24. The lowest BCUT2D eigenvalue weighted by Crippen LogP contribution is -2.54. The van der Waals surface area contributed by atoms with Crippen LogP contribution >= 0.6 is 0 Å². The van der Waals surface area contributed by atoms with Gasteiger partial charge in [-0.3, -0.25) is 14.8 Å². The van der Waals surface area contributed by atoms with E-state index in [1.807, 2.05) is 42.4 Å². The van der Waals surface area contributed by atoms with Crippen molar-refractivity contribution in [2.45, 2.75) is 56.8 Å². The van der Waals surface area contributed by atoms with Crippen molar-refractivity contribution < 1.29 is 9.90 Å². The maximum Gasteiger partial charge on any atom is 0.256 e. The van der Waals surface area contributed by atoms with E-state index < -0.39 is 5.60 Å². The molecule has 1 amide bonds. The monoisotopic (exact) mass is 376 g/mol. The van der Waals surface area contributed by atoms with Gasteiger partial charge in [0.2, 0.25) is 0 Å². The van der Waals surface area contributed by atoms with Crippen LogP contribution in [0.1, 0.15) is 41.7 Å². The lowest BCUT2D eigenvalue weighted by Gasteiger charge is -2.44. The summed E-state index contributed by atoms with van der Waals surface area (Å²) in [5.74, 6) is 0.0516. The van der Waals surface area contributed by atoms with E-state index >= 15 is 0 Å². The zero-order valence-corrected chi connectivity index (χ0v) is 16.0. The van der Waals surface area contributed by atoms with Gasteiger partial charge in [0.15, 0.2) is 0 Å². The minimum atomic E-state index is -0.811. The molecule has 2 aliphatic heterocycles. The Hall–Kier alpha value is -2.73. The summed E-state index contributed by atoms with van der Waals surface area (Å²) in [5, 5.41) is 12.5. The molecule has 0 unspecified atom stereocenters. The Kier molecular flexibility index (Phi) is 3.98. The van der Waals surface area contributed by atoms with Crippen molar-refractivity contribution in [1.82, 2.24) is 19.4 Å². The minimum absolute atomic E-state index is 0.0516. The van der Waals surface area contributed by atoms with Gasteiger partial charge < -0.3 is 14.6 Å². The molecular weight excluding hydrogens is 352 g/mol. The first-order valence-electron chi connectivity index (χ1n) is 9.90. The summed E-state index contributed by atoms with van der Waals surface area (Å²) in [6.07, 6.45) is 10.5. The topological polar surface area (TPSA) is 71.2 Å². The first-order chi connectivity index (χ1) is 13.5. The van der Waals surface area contributed by atoms with E-state index in [1.54, 1.807) is 12.4 Å². The molecule has 2 atom stereocenters. The molecule has 3 aromatic rings. The highest BCUT2D eigenvalue weighted by Crippen LogP contribution is 2.42. The van der Waals surface area contributed by atoms with E-state index in [9.17, 15) is 9.90 Å². The molecular formula is C22H24N4O2. The molecule has 2 aliphatic rings. The van der Waals surface area contributed by atoms with Gasteiger partial charge >= 0.3 is 0 Å². The van der Waals surface area contributed by atoms with Gasteiger partial charge in [-0.1, -0.05) is 0 Å². The smallest absolute Gasteiger partial charge is 0.256 e. The molecule has 0 saturated carbocycles. The summed E-state index contributed by atoms with van der Waals surface area (Å²) in [7, 11) is 0. The van der Waals surface area contributed by atoms with Crippen LogP contribution in [0.5, 0.6) is 0 Å². The zero-order valence-electron chi connectivity index (χ0n) is 16.0. The Morgan fingerprint density at radius 3 is 2.75 bits per heavy atom. The van der Waals surface area contributed by atoms with Gasteiger partial charge in [0, 0.05) is 41.8 Å². The molecule has 144 valence electrons. The van der Waals surface area contributed by atoms with Crippen LogP contribution in [-0.4, -0.2) is 48.1 Å². The quantitative estimate of drug-likeness (QED) is 0.763. The highest BCUT2D eigenvalue weighted by Gasteiger charge is 2.49. The lowest BCUT2D eigenvalue weighted by atomic mass is 9.85. The molecule has 0 spiro atoms. The van der Waals surface area contributed by atoms with Crippen molar-refractivity contribution in [3.63, 3.8) is 0 Å². The average molecular weight is 376 g/mol. The predicted octanol–water partition coefficient (Wildman–Crippen LogP) is 2.94. The van der Waals surface area contributed by atoms with Crippen LogP contribution in [0, 0.1) is 6.92 Å². The summed E-state index contributed by atoms with van der Waals surface area (Å²) in [6.45, 7) is 2.41. The number of aliphatic hydroxyl groups is 1. The SMILES string of the molecule is Cc1ncccc1C(=O)N1[C@H]2CC[C@H]1CC(O)(Cn1ccc3ccncc31)C2. The maximum absolute atomic E-state index is 13.2. The van der Waals surface area contributed by atoms with Crippen molar-refractivity contribution in [1.29, 1.82) is 0 Å². The zero-order chi connectivity index (χ0) is 19.3. The van der Waals surface area contributed by atoms with Crippen LogP contribution in [0.15, 0.2) is 49.1 Å². The van der Waals surface area contributed by atoms with Gasteiger partial charge in [0.1, 0.15) is 0 Å². The molecule has 2 bridgehead atoms. The number of carbonyl (C=O) groups excluding carboxylic acids is 1. The molecule has 5 heterocycles. The fraction of sp³-hybridized carbons (Fsp3) is 0.409. The van der Waals surface area contributed by atoms with Crippen LogP contribution in [0.2, 0.25) is 0 Å². The average Bonchev–Trinajstić information content (AvgIpc) is 3.21. The minimum Gasteiger partial charge on any atom is -0.388 e. The van der Waals surface area contributed by atoms with E-state index in [0.717, 1.165) is 29.4 Å². The number of amides is 1. The molecule has 3 aromatic heterocycles. The fourth-order valence-corrected chi connectivity index (χ4v) is 5.12. The van der Waals surface area contributed by atoms with Crippen LogP contribution < -0.4 is 0 Å². The number of fused-ring (bicyclic) bond motifs is 3. The molecule has 0 aliphatic carbocycles. The van der Waals surface area contributed by atoms with E-state index in [1.165, 1.54) is 0 Å². The van der Waals surface area contributed by atoms with E-state index in [-0.39, 0.29) is 18.0 Å². The lowest BCUT2D eigenvalue weighted by molar-refractivity contribution is -0.0533. The Morgan fingerprint density at radius 1 is 1.21 bits per heavy atom. The fourth-order valence-electron chi connectivity index (χ4n) is 5.12. The highest BCUT2D eigenvalue weighted by molar-refractivity contribution is 5.96. The van der Waals surface area contributed by atoms with Crippen molar-refractivity contribution in [2.75, 3.05) is 0 Å². The Bertz CT molecular complexity index is 1030.